The van der Waals surface area contributed by atoms with Crippen LogP contribution in [0.3, 0.4) is 0 Å². The minimum absolute atomic E-state index is 0.0628. The molecule has 1 fully saturated rings. The second-order valence-corrected chi connectivity index (χ2v) is 14.0. The van der Waals surface area contributed by atoms with Gasteiger partial charge in [-0.1, -0.05) is 25.1 Å². The van der Waals surface area contributed by atoms with Crippen LogP contribution in [0, 0.1) is 5.92 Å². The maximum Gasteiger partial charge on any atom is 0.420 e. The van der Waals surface area contributed by atoms with Crippen molar-refractivity contribution >= 4 is 19.1 Å². The van der Waals surface area contributed by atoms with Gasteiger partial charge >= 0.3 is 12.4 Å². The molecule has 2 aromatic carbocycles. The number of hydrogen-bond donors (Lipinski definition) is 0. The number of fused-ring (bicyclic) bond motifs is 1. The van der Waals surface area contributed by atoms with Gasteiger partial charge in [0.2, 0.25) is 0 Å². The monoisotopic (exact) mass is 478 g/mol. The van der Waals surface area contributed by atoms with E-state index in [1.54, 1.807) is 19.6 Å². The Labute approximate surface area is 185 Å². The summed E-state index contributed by atoms with van der Waals surface area (Å²) in [5, 5.41) is -0.121. The molecule has 2 nitrogen and oxygen atoms in total. The normalized spacial score (nSPS) is 21.6. The lowest BCUT2D eigenvalue weighted by molar-refractivity contribution is -0.200. The summed E-state index contributed by atoms with van der Waals surface area (Å²) in [6.07, 6.45) is -8.75. The second-order valence-electron chi connectivity index (χ2n) is 9.57. The van der Waals surface area contributed by atoms with Crippen molar-refractivity contribution in [2.45, 2.75) is 76.8 Å². The molecule has 1 aliphatic carbocycles. The highest BCUT2D eigenvalue weighted by atomic mass is 28.4. The lowest BCUT2D eigenvalue weighted by atomic mass is 9.89. The maximum absolute atomic E-state index is 14.0. The summed E-state index contributed by atoms with van der Waals surface area (Å²) in [6, 6.07) is 5.90. The number of alkyl halides is 6. The molecule has 0 spiro atoms. The van der Waals surface area contributed by atoms with Crippen LogP contribution >= 0.6 is 0 Å². The fourth-order valence-electron chi connectivity index (χ4n) is 4.09. The number of hydrogen-bond acceptors (Lipinski definition) is 2. The van der Waals surface area contributed by atoms with E-state index in [0.717, 1.165) is 31.0 Å². The first kappa shape index (κ1) is 24.9. The molecule has 0 amide bonds. The van der Waals surface area contributed by atoms with Crippen LogP contribution in [-0.4, -0.2) is 20.6 Å². The van der Waals surface area contributed by atoms with Gasteiger partial charge in [0.25, 0.3) is 0 Å². The van der Waals surface area contributed by atoms with Crippen LogP contribution in [0.25, 0.3) is 10.8 Å². The highest BCUT2D eigenvalue weighted by molar-refractivity contribution is 6.69. The molecule has 0 saturated heterocycles. The van der Waals surface area contributed by atoms with Crippen LogP contribution in [-0.2, 0) is 10.6 Å². The molecule has 0 aliphatic heterocycles. The lowest BCUT2D eigenvalue weighted by Gasteiger charge is -2.29. The van der Waals surface area contributed by atoms with Gasteiger partial charge < -0.3 is 9.16 Å². The van der Waals surface area contributed by atoms with Crippen LogP contribution in [0.15, 0.2) is 30.3 Å². The summed E-state index contributed by atoms with van der Waals surface area (Å²) in [6.45, 7) is 6.99. The predicted octanol–water partition coefficient (Wildman–Crippen LogP) is 8.27. The van der Waals surface area contributed by atoms with Crippen molar-refractivity contribution in [2.24, 2.45) is 5.92 Å². The SMILES string of the molecule is CC1CCC(Oc2ccc3cc(C(O[Si](C)(C)C)C(F)(F)F)ccc3c2C(F)(F)F)CC1. The Hall–Kier alpha value is -1.74. The maximum atomic E-state index is 14.0. The predicted molar refractivity (Wildman–Crippen MR) is 114 cm³/mol. The molecule has 3 rings (SSSR count). The quantitative estimate of drug-likeness (QED) is 0.318. The van der Waals surface area contributed by atoms with Gasteiger partial charge in [-0.3, -0.25) is 0 Å². The Morgan fingerprint density at radius 3 is 2.06 bits per heavy atom. The first-order valence-electron chi connectivity index (χ1n) is 10.7. The average Bonchev–Trinajstić information content (AvgIpc) is 2.65. The summed E-state index contributed by atoms with van der Waals surface area (Å²) in [4.78, 5) is 0. The molecule has 0 bridgehead atoms. The molecule has 32 heavy (non-hydrogen) atoms. The van der Waals surface area contributed by atoms with Crippen molar-refractivity contribution in [1.82, 2.24) is 0 Å². The molecule has 1 unspecified atom stereocenters. The fourth-order valence-corrected chi connectivity index (χ4v) is 5.06. The van der Waals surface area contributed by atoms with E-state index in [2.05, 4.69) is 6.92 Å². The zero-order valence-electron chi connectivity index (χ0n) is 18.5. The van der Waals surface area contributed by atoms with Gasteiger partial charge in [-0.2, -0.15) is 26.3 Å². The molecular weight excluding hydrogens is 450 g/mol. The van der Waals surface area contributed by atoms with E-state index in [1.165, 1.54) is 12.1 Å². The zero-order chi connectivity index (χ0) is 23.9. The Kier molecular flexibility index (Phi) is 6.92. The van der Waals surface area contributed by atoms with E-state index < -0.39 is 32.3 Å². The van der Waals surface area contributed by atoms with Gasteiger partial charge in [0.1, 0.15) is 11.3 Å². The third-order valence-electron chi connectivity index (χ3n) is 5.62. The van der Waals surface area contributed by atoms with E-state index in [9.17, 15) is 26.3 Å². The van der Waals surface area contributed by atoms with Crippen LogP contribution < -0.4 is 4.74 Å². The van der Waals surface area contributed by atoms with E-state index in [0.29, 0.717) is 18.8 Å². The standard InChI is InChI=1S/C23H28F6O2Si/c1-14-5-9-17(10-6-14)30-19-12-8-15-13-16(7-11-18(15)20(19)22(24,25)26)21(23(27,28)29)31-32(2,3)4/h7-8,11-14,17,21H,5-6,9-10H2,1-4H3. The van der Waals surface area contributed by atoms with Crippen LogP contribution in [0.2, 0.25) is 19.6 Å². The van der Waals surface area contributed by atoms with Crippen molar-refractivity contribution in [3.05, 3.63) is 41.5 Å². The van der Waals surface area contributed by atoms with Crippen molar-refractivity contribution < 1.29 is 35.5 Å². The molecule has 1 saturated carbocycles. The van der Waals surface area contributed by atoms with Gasteiger partial charge in [-0.15, -0.1) is 0 Å². The third kappa shape index (κ3) is 5.98. The summed E-state index contributed by atoms with van der Waals surface area (Å²) >= 11 is 0. The van der Waals surface area contributed by atoms with Crippen molar-refractivity contribution in [1.29, 1.82) is 0 Å². The highest BCUT2D eigenvalue weighted by Crippen LogP contribution is 2.44. The molecule has 0 N–H and O–H groups in total. The van der Waals surface area contributed by atoms with Crippen molar-refractivity contribution in [3.8, 4) is 5.75 Å². The number of halogens is 6. The summed E-state index contributed by atoms with van der Waals surface area (Å²) in [5.41, 5.74) is -1.16. The highest BCUT2D eigenvalue weighted by Gasteiger charge is 2.44. The summed E-state index contributed by atoms with van der Waals surface area (Å²) in [5.74, 6) is 0.245. The third-order valence-corrected chi connectivity index (χ3v) is 6.56. The molecule has 0 aromatic heterocycles. The average molecular weight is 479 g/mol. The van der Waals surface area contributed by atoms with E-state index in [4.69, 9.17) is 9.16 Å². The first-order chi connectivity index (χ1) is 14.6. The van der Waals surface area contributed by atoms with E-state index >= 15 is 0 Å². The van der Waals surface area contributed by atoms with Gasteiger partial charge in [0, 0.05) is 0 Å². The molecule has 178 valence electrons. The van der Waals surface area contributed by atoms with Gasteiger partial charge in [-0.05, 0) is 79.7 Å². The second kappa shape index (κ2) is 8.89. The lowest BCUT2D eigenvalue weighted by Crippen LogP contribution is -2.35. The molecule has 0 heterocycles. The van der Waals surface area contributed by atoms with Crippen LogP contribution in [0.1, 0.15) is 49.8 Å². The fraction of sp³-hybridized carbons (Fsp3) is 0.565. The first-order valence-corrected chi connectivity index (χ1v) is 14.1. The Morgan fingerprint density at radius 2 is 1.53 bits per heavy atom. The zero-order valence-corrected chi connectivity index (χ0v) is 19.5. The van der Waals surface area contributed by atoms with Gasteiger partial charge in [0.05, 0.1) is 6.10 Å². The minimum atomic E-state index is -4.71. The molecule has 2 aromatic rings. The van der Waals surface area contributed by atoms with Crippen LogP contribution in [0.5, 0.6) is 5.75 Å². The Morgan fingerprint density at radius 1 is 0.906 bits per heavy atom. The largest absolute Gasteiger partial charge is 0.490 e. The van der Waals surface area contributed by atoms with Gasteiger partial charge in [-0.25, -0.2) is 0 Å². The molecule has 1 aliphatic rings. The molecular formula is C23H28F6O2Si. The number of ether oxygens (including phenoxy) is 1. The van der Waals surface area contributed by atoms with E-state index in [1.807, 2.05) is 0 Å². The van der Waals surface area contributed by atoms with Crippen molar-refractivity contribution in [3.63, 3.8) is 0 Å². The summed E-state index contributed by atoms with van der Waals surface area (Å²) in [7, 11) is -2.58. The van der Waals surface area contributed by atoms with Crippen molar-refractivity contribution in [2.75, 3.05) is 0 Å². The molecule has 1 atom stereocenters. The van der Waals surface area contributed by atoms with Gasteiger partial charge in [0.15, 0.2) is 14.4 Å². The number of benzene rings is 2. The Bertz CT molecular complexity index is 940. The smallest absolute Gasteiger partial charge is 0.420 e. The summed E-state index contributed by atoms with van der Waals surface area (Å²) < 4.78 is 94.0. The topological polar surface area (TPSA) is 18.5 Å². The minimum Gasteiger partial charge on any atom is -0.490 e. The number of rotatable bonds is 5. The molecule has 9 heteroatoms. The van der Waals surface area contributed by atoms with E-state index in [-0.39, 0.29) is 28.2 Å². The molecule has 0 radical (unpaired) electrons. The van der Waals surface area contributed by atoms with Crippen LogP contribution in [0.4, 0.5) is 26.3 Å². The Balaban J connectivity index is 2.03.